The van der Waals surface area contributed by atoms with Crippen LogP contribution in [-0.4, -0.2) is 5.10 Å². The van der Waals surface area contributed by atoms with Crippen LogP contribution in [0.1, 0.15) is 0 Å². The summed E-state index contributed by atoms with van der Waals surface area (Å²) in [6, 6.07) is 4.88. The highest BCUT2D eigenvalue weighted by Gasteiger charge is 2.06. The van der Waals surface area contributed by atoms with Crippen molar-refractivity contribution in [3.8, 4) is 0 Å². The maximum Gasteiger partial charge on any atom is 0.254 e. The Morgan fingerprint density at radius 3 is 2.69 bits per heavy atom. The van der Waals surface area contributed by atoms with E-state index >= 15 is 0 Å². The Morgan fingerprint density at radius 1 is 1.23 bits per heavy atom. The Balaban J connectivity index is 2.89. The zero-order valence-corrected chi connectivity index (χ0v) is 6.77. The number of hydrogen-bond acceptors (Lipinski definition) is 4. The molecule has 0 aliphatic carbocycles. The largest absolute Gasteiger partial charge is 0.594 e. The maximum absolute atomic E-state index is 11.2. The molecular weight excluding hydrogens is 168 g/mol. The van der Waals surface area contributed by atoms with Crippen molar-refractivity contribution in [3.63, 3.8) is 0 Å². The van der Waals surface area contributed by atoms with Crippen molar-refractivity contribution in [2.24, 2.45) is 0 Å². The molecule has 66 valence electrons. The summed E-state index contributed by atoms with van der Waals surface area (Å²) in [6.45, 7) is 0. The molecule has 5 heteroatoms. The third kappa shape index (κ3) is 1.10. The maximum atomic E-state index is 11.2. The number of hydrogen-bond donors (Lipinski definition) is 2. The van der Waals surface area contributed by atoms with Crippen molar-refractivity contribution in [3.05, 3.63) is 29.6 Å². The molecule has 2 aromatic rings. The Hall–Kier alpha value is -2.04. The molecule has 13 heavy (non-hydrogen) atoms. The standard InChI is InChI=1S/C8H8N4O/c9-6-3-5-1-2-11-12(13)8(5)4-7(6)10/h1-4H,9-10H2. The van der Waals surface area contributed by atoms with Crippen LogP contribution in [0.2, 0.25) is 0 Å². The highest BCUT2D eigenvalue weighted by Crippen LogP contribution is 2.20. The van der Waals surface area contributed by atoms with Gasteiger partial charge in [0.05, 0.1) is 23.0 Å². The van der Waals surface area contributed by atoms with Crippen LogP contribution < -0.4 is 16.3 Å². The molecule has 0 spiro atoms. The van der Waals surface area contributed by atoms with Crippen molar-refractivity contribution in [1.82, 2.24) is 5.10 Å². The summed E-state index contributed by atoms with van der Waals surface area (Å²) in [5.41, 5.74) is 12.4. The first kappa shape index (κ1) is 7.60. The van der Waals surface area contributed by atoms with Gasteiger partial charge in [0.2, 0.25) is 0 Å². The zero-order chi connectivity index (χ0) is 9.42. The van der Waals surface area contributed by atoms with E-state index in [2.05, 4.69) is 5.10 Å². The van der Waals surface area contributed by atoms with Crippen molar-refractivity contribution >= 4 is 22.3 Å². The van der Waals surface area contributed by atoms with Crippen LogP contribution in [-0.2, 0) is 0 Å². The molecule has 0 saturated carbocycles. The normalized spacial score (nSPS) is 10.5. The van der Waals surface area contributed by atoms with Gasteiger partial charge < -0.3 is 16.7 Å². The van der Waals surface area contributed by atoms with Crippen LogP contribution >= 0.6 is 0 Å². The van der Waals surface area contributed by atoms with Gasteiger partial charge in [0, 0.05) is 11.2 Å². The predicted octanol–water partition coefficient (Wildman–Crippen LogP) is 0.0326. The quantitative estimate of drug-likeness (QED) is 0.336. The molecule has 1 heterocycles. The van der Waals surface area contributed by atoms with Gasteiger partial charge >= 0.3 is 0 Å². The molecule has 0 amide bonds. The van der Waals surface area contributed by atoms with Crippen LogP contribution in [0.4, 0.5) is 11.4 Å². The number of nitrogen functional groups attached to an aromatic ring is 2. The van der Waals surface area contributed by atoms with Crippen LogP contribution in [0, 0.1) is 5.21 Å². The van der Waals surface area contributed by atoms with Gasteiger partial charge in [-0.25, -0.2) is 0 Å². The molecule has 0 radical (unpaired) electrons. The molecule has 5 nitrogen and oxygen atoms in total. The van der Waals surface area contributed by atoms with E-state index in [-0.39, 0.29) is 0 Å². The minimum absolute atomic E-state index is 0.394. The Morgan fingerprint density at radius 2 is 1.92 bits per heavy atom. The number of rotatable bonds is 0. The van der Waals surface area contributed by atoms with E-state index in [0.717, 1.165) is 5.39 Å². The van der Waals surface area contributed by atoms with Gasteiger partial charge in [-0.05, 0) is 17.0 Å². The summed E-state index contributed by atoms with van der Waals surface area (Å²) in [6.07, 6.45) is 1.42. The third-order valence-corrected chi connectivity index (χ3v) is 1.86. The first-order valence-corrected chi connectivity index (χ1v) is 3.72. The van der Waals surface area contributed by atoms with Gasteiger partial charge in [0.15, 0.2) is 0 Å². The number of aromatic nitrogens is 2. The van der Waals surface area contributed by atoms with E-state index in [1.54, 1.807) is 12.1 Å². The number of fused-ring (bicyclic) bond motifs is 1. The van der Waals surface area contributed by atoms with E-state index < -0.39 is 0 Å². The van der Waals surface area contributed by atoms with Crippen molar-refractivity contribution in [2.45, 2.75) is 0 Å². The second-order valence-corrected chi connectivity index (χ2v) is 2.74. The minimum Gasteiger partial charge on any atom is -0.594 e. The average Bonchev–Trinajstić information content (AvgIpc) is 2.09. The van der Waals surface area contributed by atoms with Gasteiger partial charge in [0.25, 0.3) is 5.52 Å². The fraction of sp³-hybridized carbons (Fsp3) is 0. The summed E-state index contributed by atoms with van der Waals surface area (Å²) >= 11 is 0. The number of anilines is 2. The van der Waals surface area contributed by atoms with Crippen LogP contribution in [0.3, 0.4) is 0 Å². The van der Waals surface area contributed by atoms with Crippen LogP contribution in [0.25, 0.3) is 10.9 Å². The van der Waals surface area contributed by atoms with E-state index in [4.69, 9.17) is 11.5 Å². The molecule has 2 rings (SSSR count). The average molecular weight is 176 g/mol. The number of nitrogens with two attached hydrogens (primary N) is 2. The fourth-order valence-electron chi connectivity index (χ4n) is 1.17. The van der Waals surface area contributed by atoms with E-state index in [0.29, 0.717) is 21.7 Å². The van der Waals surface area contributed by atoms with Gasteiger partial charge in [-0.1, -0.05) is 0 Å². The zero-order valence-electron chi connectivity index (χ0n) is 6.77. The monoisotopic (exact) mass is 176 g/mol. The Bertz CT molecular complexity index is 469. The molecule has 0 saturated heterocycles. The fourth-order valence-corrected chi connectivity index (χ4v) is 1.17. The minimum atomic E-state index is 0.394. The molecule has 0 bridgehead atoms. The second kappa shape index (κ2) is 2.48. The van der Waals surface area contributed by atoms with Gasteiger partial charge in [-0.3, -0.25) is 0 Å². The van der Waals surface area contributed by atoms with Crippen LogP contribution in [0.15, 0.2) is 24.4 Å². The lowest BCUT2D eigenvalue weighted by molar-refractivity contribution is -0.642. The molecule has 0 fully saturated rings. The number of nitrogens with zero attached hydrogens (tertiary/aromatic N) is 2. The highest BCUT2D eigenvalue weighted by atomic mass is 16.5. The lowest BCUT2D eigenvalue weighted by Crippen LogP contribution is -2.31. The third-order valence-electron chi connectivity index (χ3n) is 1.86. The lowest BCUT2D eigenvalue weighted by Gasteiger charge is -2.01. The molecule has 0 unspecified atom stereocenters. The molecule has 1 aromatic heterocycles. The van der Waals surface area contributed by atoms with Crippen LogP contribution in [0.5, 0.6) is 0 Å². The summed E-state index contributed by atoms with van der Waals surface area (Å²) in [5.74, 6) is 0. The first-order chi connectivity index (χ1) is 6.18. The van der Waals surface area contributed by atoms with Gasteiger partial charge in [-0.2, -0.15) is 0 Å². The molecule has 0 atom stereocenters. The Labute approximate surface area is 74.2 Å². The lowest BCUT2D eigenvalue weighted by atomic mass is 10.2. The van der Waals surface area contributed by atoms with Crippen molar-refractivity contribution < 1.29 is 4.85 Å². The highest BCUT2D eigenvalue weighted by molar-refractivity contribution is 5.85. The molecule has 1 aromatic carbocycles. The van der Waals surface area contributed by atoms with E-state index in [1.165, 1.54) is 12.3 Å². The summed E-state index contributed by atoms with van der Waals surface area (Å²) < 4.78 is 0. The summed E-state index contributed by atoms with van der Waals surface area (Å²) in [5, 5.41) is 15.4. The predicted molar refractivity (Wildman–Crippen MR) is 49.5 cm³/mol. The summed E-state index contributed by atoms with van der Waals surface area (Å²) in [7, 11) is 0. The smallest absolute Gasteiger partial charge is 0.254 e. The molecule has 4 N–H and O–H groups in total. The van der Waals surface area contributed by atoms with Gasteiger partial charge in [0.1, 0.15) is 0 Å². The SMILES string of the molecule is Nc1cc2ccn[n+]([O-])c2cc1N. The molecule has 0 aliphatic rings. The topological polar surface area (TPSA) is 91.9 Å². The first-order valence-electron chi connectivity index (χ1n) is 3.72. The van der Waals surface area contributed by atoms with Gasteiger partial charge in [-0.15, -0.1) is 0 Å². The van der Waals surface area contributed by atoms with E-state index in [9.17, 15) is 5.21 Å². The molecule has 0 aliphatic heterocycles. The van der Waals surface area contributed by atoms with E-state index in [1.807, 2.05) is 0 Å². The second-order valence-electron chi connectivity index (χ2n) is 2.74. The van der Waals surface area contributed by atoms with Crippen molar-refractivity contribution in [1.29, 1.82) is 0 Å². The molecular formula is C8H8N4O. The number of benzene rings is 1. The summed E-state index contributed by atoms with van der Waals surface area (Å²) in [4.78, 5) is 0.519. The Kier molecular flexibility index (Phi) is 1.45. The van der Waals surface area contributed by atoms with Crippen molar-refractivity contribution in [2.75, 3.05) is 11.5 Å².